The minimum Gasteiger partial charge on any atom is -0.408 e. The van der Waals surface area contributed by atoms with Gasteiger partial charge in [0.15, 0.2) is 11.4 Å². The Hall–Kier alpha value is -1.84. The number of hydrogen-bond acceptors (Lipinski definition) is 3. The Bertz CT molecular complexity index is 619. The van der Waals surface area contributed by atoms with Crippen LogP contribution >= 0.6 is 0 Å². The van der Waals surface area contributed by atoms with Crippen LogP contribution in [0, 0.1) is 5.41 Å². The number of H-pyrrole nitrogens is 1. The van der Waals surface area contributed by atoms with Crippen LogP contribution in [0.15, 0.2) is 27.4 Å². The number of Topliss-reactive ketones (excluding diaryl/α,β-unsaturated/α-hetero) is 1. The van der Waals surface area contributed by atoms with Crippen LogP contribution in [0.25, 0.3) is 11.1 Å². The van der Waals surface area contributed by atoms with Crippen molar-refractivity contribution in [3.63, 3.8) is 0 Å². The highest BCUT2D eigenvalue weighted by molar-refractivity contribution is 6.01. The van der Waals surface area contributed by atoms with Gasteiger partial charge < -0.3 is 4.42 Å². The second-order valence-corrected chi connectivity index (χ2v) is 4.79. The predicted octanol–water partition coefficient (Wildman–Crippen LogP) is 2.74. The molecular formula is C13H15NO3. The Labute approximate surface area is 98.6 Å². The van der Waals surface area contributed by atoms with Gasteiger partial charge in [-0.25, -0.2) is 4.79 Å². The van der Waals surface area contributed by atoms with Gasteiger partial charge in [0.2, 0.25) is 0 Å². The lowest BCUT2D eigenvalue weighted by Crippen LogP contribution is -2.23. The van der Waals surface area contributed by atoms with Crippen LogP contribution in [0.2, 0.25) is 0 Å². The zero-order chi connectivity index (χ0) is 12.6. The average molecular weight is 233 g/mol. The molecule has 1 heterocycles. The SMILES string of the molecule is CCC(C)(C)C(=O)c1ccc2[nH]c(=O)oc2c1. The van der Waals surface area contributed by atoms with E-state index in [0.717, 1.165) is 6.42 Å². The standard InChI is InChI=1S/C13H15NO3/c1-4-13(2,3)11(15)8-5-6-9-10(7-8)17-12(16)14-9/h5-7H,4H2,1-3H3,(H,14,16). The monoisotopic (exact) mass is 233 g/mol. The lowest BCUT2D eigenvalue weighted by atomic mass is 9.82. The first-order chi connectivity index (χ1) is 7.94. The molecular weight excluding hydrogens is 218 g/mol. The number of aromatic nitrogens is 1. The largest absolute Gasteiger partial charge is 0.417 e. The Kier molecular flexibility index (Phi) is 2.65. The zero-order valence-corrected chi connectivity index (χ0v) is 10.2. The molecule has 2 rings (SSSR count). The number of hydrogen-bond donors (Lipinski definition) is 1. The molecule has 4 heteroatoms. The second kappa shape index (κ2) is 3.87. The van der Waals surface area contributed by atoms with Crippen LogP contribution in [-0.2, 0) is 0 Å². The second-order valence-electron chi connectivity index (χ2n) is 4.79. The van der Waals surface area contributed by atoms with Crippen LogP contribution < -0.4 is 5.76 Å². The van der Waals surface area contributed by atoms with Crippen LogP contribution in [-0.4, -0.2) is 10.8 Å². The van der Waals surface area contributed by atoms with Gasteiger partial charge in [0, 0.05) is 11.0 Å². The van der Waals surface area contributed by atoms with E-state index < -0.39 is 11.2 Å². The number of rotatable bonds is 3. The molecule has 0 aliphatic heterocycles. The van der Waals surface area contributed by atoms with Gasteiger partial charge in [-0.05, 0) is 24.6 Å². The maximum Gasteiger partial charge on any atom is 0.417 e. The quantitative estimate of drug-likeness (QED) is 0.829. The van der Waals surface area contributed by atoms with Gasteiger partial charge in [-0.1, -0.05) is 20.8 Å². The summed E-state index contributed by atoms with van der Waals surface area (Å²) >= 11 is 0. The molecule has 4 nitrogen and oxygen atoms in total. The lowest BCUT2D eigenvalue weighted by molar-refractivity contribution is 0.0833. The van der Waals surface area contributed by atoms with Crippen molar-refractivity contribution in [3.05, 3.63) is 34.3 Å². The molecule has 0 aliphatic carbocycles. The van der Waals surface area contributed by atoms with E-state index in [0.29, 0.717) is 16.7 Å². The van der Waals surface area contributed by atoms with E-state index in [1.54, 1.807) is 18.2 Å². The minimum atomic E-state index is -0.501. The van der Waals surface area contributed by atoms with Gasteiger partial charge in [-0.15, -0.1) is 0 Å². The van der Waals surface area contributed by atoms with Crippen LogP contribution in [0.4, 0.5) is 0 Å². The summed E-state index contributed by atoms with van der Waals surface area (Å²) in [4.78, 5) is 25.8. The molecule has 0 amide bonds. The molecule has 0 fully saturated rings. The van der Waals surface area contributed by atoms with Crippen molar-refractivity contribution in [2.45, 2.75) is 27.2 Å². The molecule has 0 spiro atoms. The van der Waals surface area contributed by atoms with Gasteiger partial charge in [0.05, 0.1) is 5.52 Å². The zero-order valence-electron chi connectivity index (χ0n) is 10.2. The van der Waals surface area contributed by atoms with Crippen molar-refractivity contribution < 1.29 is 9.21 Å². The molecule has 0 unspecified atom stereocenters. The van der Waals surface area contributed by atoms with Crippen molar-refractivity contribution >= 4 is 16.9 Å². The summed E-state index contributed by atoms with van der Waals surface area (Å²) in [5.74, 6) is -0.440. The fourth-order valence-electron chi connectivity index (χ4n) is 1.64. The van der Waals surface area contributed by atoms with Crippen molar-refractivity contribution in [1.29, 1.82) is 0 Å². The first kappa shape index (κ1) is 11.6. The summed E-state index contributed by atoms with van der Waals surface area (Å²) in [6.45, 7) is 5.80. The molecule has 2 aromatic rings. The highest BCUT2D eigenvalue weighted by atomic mass is 16.4. The van der Waals surface area contributed by atoms with Gasteiger partial charge in [0.25, 0.3) is 0 Å². The molecule has 0 bridgehead atoms. The van der Waals surface area contributed by atoms with E-state index >= 15 is 0 Å². The normalized spacial score (nSPS) is 11.9. The highest BCUT2D eigenvalue weighted by Crippen LogP contribution is 2.26. The number of carbonyl (C=O) groups excluding carboxylic acids is 1. The fourth-order valence-corrected chi connectivity index (χ4v) is 1.64. The predicted molar refractivity (Wildman–Crippen MR) is 65.2 cm³/mol. The smallest absolute Gasteiger partial charge is 0.408 e. The van der Waals surface area contributed by atoms with Gasteiger partial charge in [0.1, 0.15) is 0 Å². The molecule has 17 heavy (non-hydrogen) atoms. The number of oxazole rings is 1. The van der Waals surface area contributed by atoms with Crippen molar-refractivity contribution in [1.82, 2.24) is 4.98 Å². The van der Waals surface area contributed by atoms with E-state index in [4.69, 9.17) is 4.42 Å². The van der Waals surface area contributed by atoms with E-state index in [2.05, 4.69) is 4.98 Å². The Morgan fingerprint density at radius 2 is 2.12 bits per heavy atom. The summed E-state index contributed by atoms with van der Waals surface area (Å²) in [5.41, 5.74) is 1.21. The fraction of sp³-hybridized carbons (Fsp3) is 0.385. The van der Waals surface area contributed by atoms with Crippen molar-refractivity contribution in [2.75, 3.05) is 0 Å². The highest BCUT2D eigenvalue weighted by Gasteiger charge is 2.26. The maximum absolute atomic E-state index is 12.2. The van der Waals surface area contributed by atoms with E-state index in [1.807, 2.05) is 20.8 Å². The number of ketones is 1. The number of fused-ring (bicyclic) bond motifs is 1. The Morgan fingerprint density at radius 1 is 1.41 bits per heavy atom. The molecule has 0 saturated heterocycles. The third-order valence-corrected chi connectivity index (χ3v) is 3.18. The van der Waals surface area contributed by atoms with Crippen LogP contribution in [0.5, 0.6) is 0 Å². The third kappa shape index (κ3) is 2.02. The Morgan fingerprint density at radius 3 is 2.76 bits per heavy atom. The molecule has 1 N–H and O–H groups in total. The molecule has 1 aromatic heterocycles. The van der Waals surface area contributed by atoms with Gasteiger partial charge in [-0.3, -0.25) is 9.78 Å². The molecule has 0 saturated carbocycles. The summed E-state index contributed by atoms with van der Waals surface area (Å²) in [6.07, 6.45) is 0.765. The summed E-state index contributed by atoms with van der Waals surface area (Å²) < 4.78 is 4.94. The molecule has 1 aromatic carbocycles. The third-order valence-electron chi connectivity index (χ3n) is 3.18. The van der Waals surface area contributed by atoms with Gasteiger partial charge >= 0.3 is 5.76 Å². The molecule has 90 valence electrons. The number of benzene rings is 1. The Balaban J connectivity index is 2.49. The van der Waals surface area contributed by atoms with E-state index in [-0.39, 0.29) is 5.78 Å². The molecule has 0 aliphatic rings. The van der Waals surface area contributed by atoms with E-state index in [1.165, 1.54) is 0 Å². The first-order valence-corrected chi connectivity index (χ1v) is 5.62. The number of carbonyl (C=O) groups is 1. The van der Waals surface area contributed by atoms with Gasteiger partial charge in [-0.2, -0.15) is 0 Å². The topological polar surface area (TPSA) is 63.1 Å². The summed E-state index contributed by atoms with van der Waals surface area (Å²) in [6, 6.07) is 5.03. The lowest BCUT2D eigenvalue weighted by Gasteiger charge is -2.20. The van der Waals surface area contributed by atoms with Crippen LogP contribution in [0.3, 0.4) is 0 Å². The van der Waals surface area contributed by atoms with Crippen LogP contribution in [0.1, 0.15) is 37.6 Å². The van der Waals surface area contributed by atoms with E-state index in [9.17, 15) is 9.59 Å². The maximum atomic E-state index is 12.2. The van der Waals surface area contributed by atoms with Crippen molar-refractivity contribution in [3.8, 4) is 0 Å². The summed E-state index contributed by atoms with van der Waals surface area (Å²) in [5, 5.41) is 0. The average Bonchev–Trinajstić information content (AvgIpc) is 2.66. The molecule has 0 radical (unpaired) electrons. The van der Waals surface area contributed by atoms with Crippen molar-refractivity contribution in [2.24, 2.45) is 5.41 Å². The number of aromatic amines is 1. The summed E-state index contributed by atoms with van der Waals surface area (Å²) in [7, 11) is 0. The minimum absolute atomic E-state index is 0.0609. The first-order valence-electron chi connectivity index (χ1n) is 5.62. The number of nitrogens with one attached hydrogen (secondary N) is 1. The molecule has 0 atom stereocenters.